The van der Waals surface area contributed by atoms with E-state index in [0.29, 0.717) is 12.2 Å². The van der Waals surface area contributed by atoms with Gasteiger partial charge in [-0.2, -0.15) is 0 Å². The highest BCUT2D eigenvalue weighted by Crippen LogP contribution is 2.06. The van der Waals surface area contributed by atoms with Gasteiger partial charge in [-0.25, -0.2) is 4.98 Å². The maximum Gasteiger partial charge on any atom is 0.188 e. The van der Waals surface area contributed by atoms with Crippen molar-refractivity contribution in [1.82, 2.24) is 14.5 Å². The first-order chi connectivity index (χ1) is 8.20. The topological polar surface area (TPSA) is 89.3 Å². The van der Waals surface area contributed by atoms with Crippen molar-refractivity contribution in [2.24, 2.45) is 10.9 Å². The molecule has 0 radical (unpaired) electrons. The van der Waals surface area contributed by atoms with E-state index in [4.69, 9.17) is 10.9 Å². The van der Waals surface area contributed by atoms with Crippen LogP contribution in [-0.2, 0) is 6.54 Å². The average Bonchev–Trinajstić information content (AvgIpc) is 2.74. The number of nitrogens with two attached hydrogens (primary N) is 1. The van der Waals surface area contributed by atoms with Gasteiger partial charge < -0.3 is 15.5 Å². The number of aromatic nitrogens is 3. The molecule has 0 aliphatic rings. The van der Waals surface area contributed by atoms with Crippen LogP contribution in [0.2, 0.25) is 0 Å². The largest absolute Gasteiger partial charge is 0.409 e. The second-order valence-electron chi connectivity index (χ2n) is 3.64. The molecule has 0 aromatic carbocycles. The molecule has 0 aliphatic heterocycles. The van der Waals surface area contributed by atoms with Crippen molar-refractivity contribution in [3.8, 4) is 0 Å². The fourth-order valence-corrected chi connectivity index (χ4v) is 1.53. The average molecular weight is 231 g/mol. The normalized spacial score (nSPS) is 11.7. The zero-order valence-corrected chi connectivity index (χ0v) is 9.41. The number of hydrogen-bond donors (Lipinski definition) is 2. The molecule has 6 nitrogen and oxygen atoms in total. The molecule has 0 bridgehead atoms. The summed E-state index contributed by atoms with van der Waals surface area (Å²) < 4.78 is 2.01. The lowest BCUT2D eigenvalue weighted by Crippen LogP contribution is -2.15. The van der Waals surface area contributed by atoms with Crippen molar-refractivity contribution in [3.63, 3.8) is 0 Å². The third kappa shape index (κ3) is 2.41. The monoisotopic (exact) mass is 231 g/mol. The number of hydrogen-bond acceptors (Lipinski definition) is 4. The second-order valence-corrected chi connectivity index (χ2v) is 3.64. The summed E-state index contributed by atoms with van der Waals surface area (Å²) in [6.45, 7) is 2.62. The number of rotatable bonds is 3. The molecule has 2 heterocycles. The number of pyridine rings is 1. The summed E-state index contributed by atoms with van der Waals surface area (Å²) >= 11 is 0. The van der Waals surface area contributed by atoms with Gasteiger partial charge in [0.15, 0.2) is 5.84 Å². The van der Waals surface area contributed by atoms with Crippen LogP contribution in [0.5, 0.6) is 0 Å². The Morgan fingerprint density at radius 2 is 2.29 bits per heavy atom. The van der Waals surface area contributed by atoms with E-state index >= 15 is 0 Å². The predicted molar refractivity (Wildman–Crippen MR) is 62.8 cm³/mol. The summed E-state index contributed by atoms with van der Waals surface area (Å²) in [5.74, 6) is 0.946. The summed E-state index contributed by atoms with van der Waals surface area (Å²) in [5.41, 5.74) is 6.96. The van der Waals surface area contributed by atoms with E-state index in [1.807, 2.05) is 23.8 Å². The summed E-state index contributed by atoms with van der Waals surface area (Å²) in [6.07, 6.45) is 5.29. The molecule has 2 aromatic rings. The molecular formula is C11H13N5O. The maximum absolute atomic E-state index is 8.59. The lowest BCUT2D eigenvalue weighted by molar-refractivity contribution is 0.318. The fourth-order valence-electron chi connectivity index (χ4n) is 1.53. The Morgan fingerprint density at radius 1 is 1.47 bits per heavy atom. The van der Waals surface area contributed by atoms with Crippen LogP contribution in [0, 0.1) is 6.92 Å². The van der Waals surface area contributed by atoms with E-state index < -0.39 is 0 Å². The highest BCUT2D eigenvalue weighted by Gasteiger charge is 2.03. The Balaban J connectivity index is 2.26. The Labute approximate surface area is 98.4 Å². The van der Waals surface area contributed by atoms with Gasteiger partial charge in [0.1, 0.15) is 11.5 Å². The van der Waals surface area contributed by atoms with Crippen LogP contribution in [0.1, 0.15) is 17.1 Å². The molecule has 88 valence electrons. The number of aryl methyl sites for hydroxylation is 1. The molecule has 0 aliphatic carbocycles. The van der Waals surface area contributed by atoms with Crippen LogP contribution in [0.3, 0.4) is 0 Å². The zero-order valence-electron chi connectivity index (χ0n) is 9.41. The molecule has 3 N–H and O–H groups in total. The maximum atomic E-state index is 8.59. The van der Waals surface area contributed by atoms with Crippen molar-refractivity contribution in [3.05, 3.63) is 47.8 Å². The Hall–Kier alpha value is -2.37. The van der Waals surface area contributed by atoms with Gasteiger partial charge in [0.25, 0.3) is 0 Å². The first kappa shape index (κ1) is 11.1. The molecule has 0 unspecified atom stereocenters. The van der Waals surface area contributed by atoms with Crippen LogP contribution in [-0.4, -0.2) is 25.6 Å². The molecule has 0 spiro atoms. The van der Waals surface area contributed by atoms with Gasteiger partial charge in [-0.3, -0.25) is 4.98 Å². The number of oxime groups is 1. The quantitative estimate of drug-likeness (QED) is 0.352. The molecule has 0 saturated heterocycles. The Morgan fingerprint density at radius 3 is 2.94 bits per heavy atom. The Kier molecular flexibility index (Phi) is 3.04. The molecule has 6 heteroatoms. The van der Waals surface area contributed by atoms with Crippen molar-refractivity contribution >= 4 is 5.84 Å². The predicted octanol–water partition coefficient (Wildman–Crippen LogP) is 0.729. The molecule has 2 rings (SSSR count). The molecule has 0 fully saturated rings. The van der Waals surface area contributed by atoms with E-state index in [9.17, 15) is 0 Å². The number of amidine groups is 1. The molecule has 2 aromatic heterocycles. The summed E-state index contributed by atoms with van der Waals surface area (Å²) in [4.78, 5) is 8.17. The first-order valence-corrected chi connectivity index (χ1v) is 5.11. The minimum atomic E-state index is 0.00852. The van der Waals surface area contributed by atoms with Crippen molar-refractivity contribution in [1.29, 1.82) is 0 Å². The number of nitrogens with zero attached hydrogens (tertiary/aromatic N) is 4. The number of imidazole rings is 1. The van der Waals surface area contributed by atoms with Gasteiger partial charge in [-0.1, -0.05) is 5.16 Å². The standard InChI is InChI=1S/C11H13N5O/c1-8-13-4-5-16(8)7-9-2-3-14-10(6-9)11(12)15-17/h2-6,17H,7H2,1H3,(H2,12,15). The van der Waals surface area contributed by atoms with Gasteiger partial charge >= 0.3 is 0 Å². The lowest BCUT2D eigenvalue weighted by Gasteiger charge is -2.06. The summed E-state index contributed by atoms with van der Waals surface area (Å²) in [5, 5.41) is 11.5. The molecule has 17 heavy (non-hydrogen) atoms. The van der Waals surface area contributed by atoms with E-state index in [1.54, 1.807) is 18.5 Å². The van der Waals surface area contributed by atoms with Gasteiger partial charge in [0.2, 0.25) is 0 Å². The van der Waals surface area contributed by atoms with Gasteiger partial charge in [0, 0.05) is 25.1 Å². The van der Waals surface area contributed by atoms with Crippen molar-refractivity contribution in [2.75, 3.05) is 0 Å². The van der Waals surface area contributed by atoms with Crippen molar-refractivity contribution in [2.45, 2.75) is 13.5 Å². The van der Waals surface area contributed by atoms with Crippen LogP contribution in [0.15, 0.2) is 35.9 Å². The highest BCUT2D eigenvalue weighted by molar-refractivity contribution is 5.95. The Bertz CT molecular complexity index is 546. The molecule has 0 atom stereocenters. The van der Waals surface area contributed by atoms with E-state index in [1.165, 1.54) is 0 Å². The van der Waals surface area contributed by atoms with E-state index in [2.05, 4.69) is 15.1 Å². The van der Waals surface area contributed by atoms with Crippen LogP contribution in [0.4, 0.5) is 0 Å². The zero-order chi connectivity index (χ0) is 12.3. The second kappa shape index (κ2) is 4.65. The highest BCUT2D eigenvalue weighted by atomic mass is 16.4. The summed E-state index contributed by atoms with van der Waals surface area (Å²) in [6, 6.07) is 3.67. The first-order valence-electron chi connectivity index (χ1n) is 5.11. The third-order valence-electron chi connectivity index (χ3n) is 2.47. The van der Waals surface area contributed by atoms with Gasteiger partial charge in [-0.15, -0.1) is 0 Å². The smallest absolute Gasteiger partial charge is 0.188 e. The SMILES string of the molecule is Cc1nccn1Cc1ccnc(C(N)=NO)c1. The summed E-state index contributed by atoms with van der Waals surface area (Å²) in [7, 11) is 0. The molecular weight excluding hydrogens is 218 g/mol. The van der Waals surface area contributed by atoms with Crippen LogP contribution < -0.4 is 5.73 Å². The lowest BCUT2D eigenvalue weighted by atomic mass is 10.2. The van der Waals surface area contributed by atoms with Gasteiger partial charge in [-0.05, 0) is 24.6 Å². The minimum Gasteiger partial charge on any atom is -0.409 e. The molecule has 0 saturated carbocycles. The van der Waals surface area contributed by atoms with Crippen molar-refractivity contribution < 1.29 is 5.21 Å². The molecule has 0 amide bonds. The minimum absolute atomic E-state index is 0.00852. The fraction of sp³-hybridized carbons (Fsp3) is 0.182. The van der Waals surface area contributed by atoms with Gasteiger partial charge in [0.05, 0.1) is 0 Å². The van der Waals surface area contributed by atoms with Crippen LogP contribution in [0.25, 0.3) is 0 Å². The van der Waals surface area contributed by atoms with E-state index in [0.717, 1.165) is 11.4 Å². The third-order valence-corrected chi connectivity index (χ3v) is 2.47. The van der Waals surface area contributed by atoms with E-state index in [-0.39, 0.29) is 5.84 Å². The van der Waals surface area contributed by atoms with Crippen LogP contribution >= 0.6 is 0 Å².